The molecule has 2 aromatic rings. The standard InChI is InChI=1S/C23H26N4O4/c1-31-19-6-4-16(5-7-19)11-25-14-23(15-25)22(30)26(12-17-3-2-8-24-10-17)21(29)20-9-18(28)13-27(20)23/h2-8,10,18,20,28H,9,11-15H2,1H3. The zero-order valence-electron chi connectivity index (χ0n) is 17.5. The van der Waals surface area contributed by atoms with Gasteiger partial charge in [-0.15, -0.1) is 0 Å². The van der Waals surface area contributed by atoms with Gasteiger partial charge in [-0.1, -0.05) is 18.2 Å². The van der Waals surface area contributed by atoms with Crippen LogP contribution in [0.5, 0.6) is 5.75 Å². The van der Waals surface area contributed by atoms with Gasteiger partial charge in [0.1, 0.15) is 11.3 Å². The summed E-state index contributed by atoms with van der Waals surface area (Å²) in [6, 6.07) is 11.1. The number of likely N-dealkylation sites (tertiary alicyclic amines) is 1. The van der Waals surface area contributed by atoms with Crippen molar-refractivity contribution in [3.8, 4) is 5.75 Å². The molecule has 0 bridgehead atoms. The van der Waals surface area contributed by atoms with Crippen LogP contribution in [0.1, 0.15) is 17.5 Å². The number of aliphatic hydroxyl groups excluding tert-OH is 1. The van der Waals surface area contributed by atoms with Crippen LogP contribution in [-0.4, -0.2) is 81.0 Å². The number of methoxy groups -OCH3 is 1. The number of β-amino-alcohol motifs (C(OH)–C–C–N with tert-alkyl or cyclic N) is 1. The summed E-state index contributed by atoms with van der Waals surface area (Å²) in [7, 11) is 1.64. The highest BCUT2D eigenvalue weighted by atomic mass is 16.5. The number of imide groups is 1. The van der Waals surface area contributed by atoms with Crippen molar-refractivity contribution in [2.45, 2.75) is 37.2 Å². The SMILES string of the molecule is COc1ccc(CN2CC3(C2)C(=O)N(Cc2cccnc2)C(=O)C2CC(O)CN23)cc1. The Morgan fingerprint density at radius 1 is 1.13 bits per heavy atom. The maximum Gasteiger partial charge on any atom is 0.252 e. The maximum absolute atomic E-state index is 13.6. The Labute approximate surface area is 181 Å². The molecule has 8 nitrogen and oxygen atoms in total. The van der Waals surface area contributed by atoms with E-state index in [9.17, 15) is 14.7 Å². The van der Waals surface area contributed by atoms with E-state index in [1.54, 1.807) is 25.6 Å². The molecule has 8 heteroatoms. The van der Waals surface area contributed by atoms with Crippen molar-refractivity contribution < 1.29 is 19.4 Å². The fourth-order valence-electron chi connectivity index (χ4n) is 5.11. The lowest BCUT2D eigenvalue weighted by Gasteiger charge is -2.58. The van der Waals surface area contributed by atoms with E-state index in [-0.39, 0.29) is 18.4 Å². The van der Waals surface area contributed by atoms with Gasteiger partial charge in [0.2, 0.25) is 5.91 Å². The van der Waals surface area contributed by atoms with E-state index in [1.165, 1.54) is 4.90 Å². The number of hydrogen-bond donors (Lipinski definition) is 1. The van der Waals surface area contributed by atoms with Gasteiger partial charge in [0.25, 0.3) is 5.91 Å². The number of benzene rings is 1. The van der Waals surface area contributed by atoms with Gasteiger partial charge in [-0.05, 0) is 35.7 Å². The summed E-state index contributed by atoms with van der Waals surface area (Å²) < 4.78 is 5.22. The van der Waals surface area contributed by atoms with Gasteiger partial charge in [0.15, 0.2) is 0 Å². The Bertz CT molecular complexity index is 975. The van der Waals surface area contributed by atoms with Gasteiger partial charge >= 0.3 is 0 Å². The molecular formula is C23H26N4O4. The minimum Gasteiger partial charge on any atom is -0.497 e. The molecular weight excluding hydrogens is 396 g/mol. The Hall–Kier alpha value is -2.81. The average molecular weight is 422 g/mol. The van der Waals surface area contributed by atoms with E-state index in [0.29, 0.717) is 26.1 Å². The second-order valence-electron chi connectivity index (χ2n) is 8.67. The number of carbonyl (C=O) groups excluding carboxylic acids is 2. The van der Waals surface area contributed by atoms with Crippen LogP contribution < -0.4 is 4.74 Å². The third kappa shape index (κ3) is 3.40. The number of nitrogens with zero attached hydrogens (tertiary/aromatic N) is 4. The predicted octanol–water partition coefficient (Wildman–Crippen LogP) is 0.649. The van der Waals surface area contributed by atoms with E-state index < -0.39 is 17.7 Å². The first kappa shape index (κ1) is 20.1. The van der Waals surface area contributed by atoms with Crippen LogP contribution in [0.15, 0.2) is 48.8 Å². The summed E-state index contributed by atoms with van der Waals surface area (Å²) in [5, 5.41) is 10.3. The minimum absolute atomic E-state index is 0.169. The van der Waals surface area contributed by atoms with Crippen LogP contribution in [0.25, 0.3) is 0 Å². The van der Waals surface area contributed by atoms with Crippen LogP contribution in [0.3, 0.4) is 0 Å². The number of rotatable bonds is 5. The van der Waals surface area contributed by atoms with Crippen molar-refractivity contribution in [3.05, 3.63) is 59.9 Å². The third-order valence-corrected chi connectivity index (χ3v) is 6.62. The largest absolute Gasteiger partial charge is 0.497 e. The van der Waals surface area contributed by atoms with Gasteiger partial charge in [0.05, 0.1) is 25.8 Å². The number of aromatic nitrogens is 1. The number of pyridine rings is 1. The number of ether oxygens (including phenoxy) is 1. The molecule has 4 heterocycles. The van der Waals surface area contributed by atoms with Gasteiger partial charge in [-0.3, -0.25) is 29.3 Å². The van der Waals surface area contributed by atoms with Crippen molar-refractivity contribution in [1.82, 2.24) is 19.7 Å². The highest BCUT2D eigenvalue weighted by Gasteiger charge is 2.64. The summed E-state index contributed by atoms with van der Waals surface area (Å²) in [6.45, 7) is 2.37. The topological polar surface area (TPSA) is 86.2 Å². The fraction of sp³-hybridized carbons (Fsp3) is 0.435. The number of amides is 2. The summed E-state index contributed by atoms with van der Waals surface area (Å²) in [5.41, 5.74) is 1.20. The second-order valence-corrected chi connectivity index (χ2v) is 8.67. The molecule has 31 heavy (non-hydrogen) atoms. The van der Waals surface area contributed by atoms with Crippen molar-refractivity contribution >= 4 is 11.8 Å². The first-order valence-electron chi connectivity index (χ1n) is 10.5. The van der Waals surface area contributed by atoms with Crippen LogP contribution in [-0.2, 0) is 22.7 Å². The molecule has 3 fully saturated rings. The maximum atomic E-state index is 13.6. The first-order chi connectivity index (χ1) is 15.0. The van der Waals surface area contributed by atoms with Crippen molar-refractivity contribution in [3.63, 3.8) is 0 Å². The van der Waals surface area contributed by atoms with Crippen LogP contribution >= 0.6 is 0 Å². The molecule has 2 atom stereocenters. The molecule has 1 spiro atoms. The second kappa shape index (κ2) is 7.71. The molecule has 1 aromatic heterocycles. The molecule has 0 aliphatic carbocycles. The lowest BCUT2D eigenvalue weighted by Crippen LogP contribution is -2.81. The Kier molecular flexibility index (Phi) is 5.00. The molecule has 162 valence electrons. The first-order valence-corrected chi connectivity index (χ1v) is 10.5. The summed E-state index contributed by atoms with van der Waals surface area (Å²) in [6.07, 6.45) is 3.13. The number of carbonyl (C=O) groups is 2. The highest BCUT2D eigenvalue weighted by molar-refractivity contribution is 6.06. The van der Waals surface area contributed by atoms with E-state index in [1.807, 2.05) is 35.2 Å². The van der Waals surface area contributed by atoms with E-state index >= 15 is 0 Å². The molecule has 5 rings (SSSR count). The molecule has 3 aliphatic heterocycles. The molecule has 2 unspecified atom stereocenters. The lowest BCUT2D eigenvalue weighted by atomic mass is 9.82. The Morgan fingerprint density at radius 2 is 1.90 bits per heavy atom. The monoisotopic (exact) mass is 422 g/mol. The van der Waals surface area contributed by atoms with Gasteiger partial charge in [-0.2, -0.15) is 0 Å². The van der Waals surface area contributed by atoms with Crippen molar-refractivity contribution in [1.29, 1.82) is 0 Å². The number of piperazine rings is 1. The van der Waals surface area contributed by atoms with Gasteiger partial charge in [-0.25, -0.2) is 0 Å². The molecule has 3 saturated heterocycles. The highest BCUT2D eigenvalue weighted by Crippen LogP contribution is 2.41. The lowest BCUT2D eigenvalue weighted by molar-refractivity contribution is -0.181. The smallest absolute Gasteiger partial charge is 0.252 e. The molecule has 0 radical (unpaired) electrons. The number of hydrogen-bond acceptors (Lipinski definition) is 7. The average Bonchev–Trinajstić information content (AvgIpc) is 3.16. The third-order valence-electron chi connectivity index (χ3n) is 6.62. The van der Waals surface area contributed by atoms with E-state index in [0.717, 1.165) is 23.4 Å². The number of aliphatic hydroxyl groups is 1. The summed E-state index contributed by atoms with van der Waals surface area (Å²) in [4.78, 5) is 36.4. The summed E-state index contributed by atoms with van der Waals surface area (Å²) in [5.74, 6) is 0.423. The fourth-order valence-corrected chi connectivity index (χ4v) is 5.11. The predicted molar refractivity (Wildman–Crippen MR) is 112 cm³/mol. The summed E-state index contributed by atoms with van der Waals surface area (Å²) >= 11 is 0. The Balaban J connectivity index is 1.36. The van der Waals surface area contributed by atoms with Crippen molar-refractivity contribution in [2.24, 2.45) is 0 Å². The van der Waals surface area contributed by atoms with Gasteiger partial charge in [0, 0.05) is 38.6 Å². The van der Waals surface area contributed by atoms with Crippen LogP contribution in [0, 0.1) is 0 Å². The normalized spacial score (nSPS) is 25.5. The van der Waals surface area contributed by atoms with Gasteiger partial charge < -0.3 is 9.84 Å². The number of fused-ring (bicyclic) bond motifs is 2. The van der Waals surface area contributed by atoms with Crippen LogP contribution in [0.4, 0.5) is 0 Å². The van der Waals surface area contributed by atoms with Crippen molar-refractivity contribution in [2.75, 3.05) is 26.7 Å². The Morgan fingerprint density at radius 3 is 2.58 bits per heavy atom. The minimum atomic E-state index is -0.759. The zero-order chi connectivity index (χ0) is 21.6. The molecule has 1 aromatic carbocycles. The molecule has 2 amide bonds. The molecule has 0 saturated carbocycles. The van der Waals surface area contributed by atoms with E-state index in [4.69, 9.17) is 4.74 Å². The molecule has 3 aliphatic rings. The van der Waals surface area contributed by atoms with Crippen LogP contribution in [0.2, 0.25) is 0 Å². The zero-order valence-corrected chi connectivity index (χ0v) is 17.5. The quantitative estimate of drug-likeness (QED) is 0.708. The van der Waals surface area contributed by atoms with E-state index in [2.05, 4.69) is 9.88 Å². The molecule has 1 N–H and O–H groups in total.